The second kappa shape index (κ2) is 8.45. The zero-order chi connectivity index (χ0) is 14.3. The van der Waals surface area contributed by atoms with Crippen LogP contribution in [0.2, 0.25) is 5.02 Å². The third-order valence-electron chi connectivity index (χ3n) is 2.60. The molecule has 0 aliphatic carbocycles. The molecule has 2 N–H and O–H groups in total. The van der Waals surface area contributed by atoms with Crippen LogP contribution >= 0.6 is 23.4 Å². The summed E-state index contributed by atoms with van der Waals surface area (Å²) >= 11 is 7.74. The van der Waals surface area contributed by atoms with Crippen molar-refractivity contribution in [1.29, 1.82) is 0 Å². The first-order valence-electron chi connectivity index (χ1n) is 6.21. The Hall–Kier alpha value is -0.720. The highest BCUT2D eigenvalue weighted by molar-refractivity contribution is 7.99. The number of hydrogen-bond acceptors (Lipinski definition) is 4. The molecule has 5 nitrogen and oxygen atoms in total. The molecule has 108 valence electrons. The molecule has 1 rings (SSSR count). The van der Waals surface area contributed by atoms with E-state index in [1.807, 2.05) is 13.8 Å². The zero-order valence-corrected chi connectivity index (χ0v) is 12.9. The molecule has 0 radical (unpaired) electrons. The molecule has 0 unspecified atom stereocenters. The smallest absolute Gasteiger partial charge is 0.241 e. The molecule has 0 saturated heterocycles. The van der Waals surface area contributed by atoms with Gasteiger partial charge >= 0.3 is 0 Å². The van der Waals surface area contributed by atoms with Crippen LogP contribution in [0.25, 0.3) is 0 Å². The van der Waals surface area contributed by atoms with E-state index in [1.54, 1.807) is 16.4 Å². The monoisotopic (exact) mass is 305 g/mol. The number of halogens is 1. The van der Waals surface area contributed by atoms with E-state index in [4.69, 9.17) is 16.7 Å². The first-order valence-corrected chi connectivity index (χ1v) is 7.74. The molecule has 0 aliphatic heterocycles. The molecule has 0 bridgehead atoms. The zero-order valence-electron chi connectivity index (χ0n) is 11.3. The molecular weight excluding hydrogens is 286 g/mol. The molecular formula is C12H20ClN3O2S. The van der Waals surface area contributed by atoms with Gasteiger partial charge in [-0.2, -0.15) is 16.9 Å². The van der Waals surface area contributed by atoms with Gasteiger partial charge in [0.15, 0.2) is 0 Å². The lowest BCUT2D eigenvalue weighted by molar-refractivity contribution is -0.121. The van der Waals surface area contributed by atoms with Gasteiger partial charge in [-0.25, -0.2) is 0 Å². The first kappa shape index (κ1) is 16.3. The van der Waals surface area contributed by atoms with E-state index in [0.29, 0.717) is 11.6 Å². The highest BCUT2D eigenvalue weighted by Crippen LogP contribution is 2.18. The SMILES string of the molecule is Cc1nn(CC(=O)NCCSCCCO)c(C)c1Cl. The number of hydrogen-bond donors (Lipinski definition) is 2. The van der Waals surface area contributed by atoms with Gasteiger partial charge in [0.25, 0.3) is 0 Å². The Balaban J connectivity index is 2.26. The second-order valence-corrected chi connectivity index (χ2v) is 5.78. The van der Waals surface area contributed by atoms with Crippen molar-refractivity contribution in [3.63, 3.8) is 0 Å². The summed E-state index contributed by atoms with van der Waals surface area (Å²) < 4.78 is 1.62. The van der Waals surface area contributed by atoms with E-state index in [0.717, 1.165) is 29.3 Å². The minimum Gasteiger partial charge on any atom is -0.396 e. The molecule has 1 heterocycles. The summed E-state index contributed by atoms with van der Waals surface area (Å²) in [6.07, 6.45) is 0.795. The van der Waals surface area contributed by atoms with Crippen molar-refractivity contribution >= 4 is 29.3 Å². The fraction of sp³-hybridized carbons (Fsp3) is 0.667. The summed E-state index contributed by atoms with van der Waals surface area (Å²) in [6.45, 7) is 4.71. The van der Waals surface area contributed by atoms with Gasteiger partial charge < -0.3 is 10.4 Å². The van der Waals surface area contributed by atoms with Crippen LogP contribution in [0.5, 0.6) is 0 Å². The fourth-order valence-corrected chi connectivity index (χ4v) is 2.47. The Kier molecular flexibility index (Phi) is 7.27. The number of carbonyl (C=O) groups excluding carboxylic acids is 1. The van der Waals surface area contributed by atoms with Crippen molar-refractivity contribution in [2.75, 3.05) is 24.7 Å². The van der Waals surface area contributed by atoms with E-state index < -0.39 is 0 Å². The molecule has 7 heteroatoms. The van der Waals surface area contributed by atoms with Crippen molar-refractivity contribution in [2.45, 2.75) is 26.8 Å². The van der Waals surface area contributed by atoms with Crippen molar-refractivity contribution in [3.05, 3.63) is 16.4 Å². The minimum atomic E-state index is -0.0648. The highest BCUT2D eigenvalue weighted by atomic mass is 35.5. The van der Waals surface area contributed by atoms with Gasteiger partial charge in [-0.3, -0.25) is 9.48 Å². The van der Waals surface area contributed by atoms with E-state index >= 15 is 0 Å². The normalized spacial score (nSPS) is 10.7. The maximum atomic E-state index is 11.7. The Bertz CT molecular complexity index is 423. The summed E-state index contributed by atoms with van der Waals surface area (Å²) in [5, 5.41) is 16.3. The van der Waals surface area contributed by atoms with Crippen LogP contribution in [0.15, 0.2) is 0 Å². The van der Waals surface area contributed by atoms with Crippen molar-refractivity contribution in [3.8, 4) is 0 Å². The number of carbonyl (C=O) groups is 1. The Labute approximate surface area is 122 Å². The Morgan fingerprint density at radius 3 is 2.79 bits per heavy atom. The number of thioether (sulfide) groups is 1. The number of amides is 1. The van der Waals surface area contributed by atoms with Crippen LogP contribution in [0.1, 0.15) is 17.8 Å². The van der Waals surface area contributed by atoms with Crippen LogP contribution in [0, 0.1) is 13.8 Å². The third kappa shape index (κ3) is 5.42. The maximum Gasteiger partial charge on any atom is 0.241 e. The largest absolute Gasteiger partial charge is 0.396 e. The average molecular weight is 306 g/mol. The summed E-state index contributed by atoms with van der Waals surface area (Å²) in [5.74, 6) is 1.70. The van der Waals surface area contributed by atoms with Crippen molar-refractivity contribution in [2.24, 2.45) is 0 Å². The summed E-state index contributed by atoms with van der Waals surface area (Å²) in [6, 6.07) is 0. The summed E-state index contributed by atoms with van der Waals surface area (Å²) in [4.78, 5) is 11.7. The molecule has 0 aromatic carbocycles. The van der Waals surface area contributed by atoms with Gasteiger partial charge in [0.1, 0.15) is 6.54 Å². The molecule has 0 saturated carbocycles. The van der Waals surface area contributed by atoms with Gasteiger partial charge in [-0.15, -0.1) is 0 Å². The fourth-order valence-electron chi connectivity index (χ4n) is 1.55. The predicted octanol–water partition coefficient (Wildman–Crippen LogP) is 1.39. The average Bonchev–Trinajstić information content (AvgIpc) is 2.61. The molecule has 0 atom stereocenters. The van der Waals surface area contributed by atoms with Gasteiger partial charge in [-0.1, -0.05) is 11.6 Å². The van der Waals surface area contributed by atoms with Crippen LogP contribution in [0.4, 0.5) is 0 Å². The van der Waals surface area contributed by atoms with Crippen molar-refractivity contribution < 1.29 is 9.90 Å². The topological polar surface area (TPSA) is 67.2 Å². The molecule has 19 heavy (non-hydrogen) atoms. The van der Waals surface area contributed by atoms with E-state index in [-0.39, 0.29) is 19.1 Å². The number of nitrogens with zero attached hydrogens (tertiary/aromatic N) is 2. The van der Waals surface area contributed by atoms with Crippen LogP contribution in [-0.4, -0.2) is 45.5 Å². The maximum absolute atomic E-state index is 11.7. The van der Waals surface area contributed by atoms with Gasteiger partial charge in [0.2, 0.25) is 5.91 Å². The second-order valence-electron chi connectivity index (χ2n) is 4.18. The number of nitrogens with one attached hydrogen (secondary N) is 1. The van der Waals surface area contributed by atoms with Gasteiger partial charge in [0, 0.05) is 18.9 Å². The van der Waals surface area contributed by atoms with Crippen LogP contribution < -0.4 is 5.32 Å². The van der Waals surface area contributed by atoms with Crippen LogP contribution in [-0.2, 0) is 11.3 Å². The molecule has 0 fully saturated rings. The van der Waals surface area contributed by atoms with Crippen molar-refractivity contribution in [1.82, 2.24) is 15.1 Å². The van der Waals surface area contributed by atoms with Gasteiger partial charge in [-0.05, 0) is 26.0 Å². The molecule has 1 amide bonds. The quantitative estimate of drug-likeness (QED) is 0.712. The highest BCUT2D eigenvalue weighted by Gasteiger charge is 2.11. The summed E-state index contributed by atoms with van der Waals surface area (Å²) in [5.41, 5.74) is 1.55. The summed E-state index contributed by atoms with van der Waals surface area (Å²) in [7, 11) is 0. The van der Waals surface area contributed by atoms with E-state index in [1.165, 1.54) is 0 Å². The lowest BCUT2D eigenvalue weighted by Gasteiger charge is -2.06. The third-order valence-corrected chi connectivity index (χ3v) is 4.22. The van der Waals surface area contributed by atoms with Gasteiger partial charge in [0.05, 0.1) is 16.4 Å². The lowest BCUT2D eigenvalue weighted by Crippen LogP contribution is -2.30. The standard InChI is InChI=1S/C12H20ClN3O2S/c1-9-12(13)10(2)16(15-9)8-11(18)14-4-7-19-6-3-5-17/h17H,3-8H2,1-2H3,(H,14,18). The molecule has 1 aromatic rings. The Morgan fingerprint density at radius 1 is 1.47 bits per heavy atom. The number of aryl methyl sites for hydroxylation is 1. The number of aliphatic hydroxyl groups is 1. The first-order chi connectivity index (χ1) is 9.06. The van der Waals surface area contributed by atoms with Crippen LogP contribution in [0.3, 0.4) is 0 Å². The number of aliphatic hydroxyl groups excluding tert-OH is 1. The predicted molar refractivity (Wildman–Crippen MR) is 78.7 cm³/mol. The molecule has 0 aliphatic rings. The molecule has 0 spiro atoms. The molecule has 1 aromatic heterocycles. The van der Waals surface area contributed by atoms with E-state index in [9.17, 15) is 4.79 Å². The number of aromatic nitrogens is 2. The Morgan fingerprint density at radius 2 is 2.21 bits per heavy atom. The minimum absolute atomic E-state index is 0.0648. The van der Waals surface area contributed by atoms with E-state index in [2.05, 4.69) is 10.4 Å². The number of rotatable bonds is 8. The lowest BCUT2D eigenvalue weighted by atomic mass is 10.4.